The molecule has 1 aliphatic rings. The van der Waals surface area contributed by atoms with E-state index in [0.717, 1.165) is 22.7 Å². The van der Waals surface area contributed by atoms with E-state index in [1.54, 1.807) is 9.42 Å². The number of fused-ring (bicyclic) bond motifs is 1. The van der Waals surface area contributed by atoms with Crippen LogP contribution in [0.5, 0.6) is 5.88 Å². The number of nitrogens with zero attached hydrogens (tertiary/aromatic N) is 5. The quantitative estimate of drug-likeness (QED) is 0.601. The molecule has 172 valence electrons. The van der Waals surface area contributed by atoms with Gasteiger partial charge >= 0.3 is 6.09 Å². The molecule has 0 radical (unpaired) electrons. The number of aromatic nitrogens is 3. The van der Waals surface area contributed by atoms with Gasteiger partial charge in [-0.05, 0) is 24.0 Å². The summed E-state index contributed by atoms with van der Waals surface area (Å²) in [7, 11) is 0. The normalized spacial score (nSPS) is 16.1. The summed E-state index contributed by atoms with van der Waals surface area (Å²) in [6.45, 7) is 11.1. The maximum Gasteiger partial charge on any atom is 0.409 e. The molecule has 0 bridgehead atoms. The zero-order chi connectivity index (χ0) is 22.8. The van der Waals surface area contributed by atoms with Crippen LogP contribution >= 0.6 is 11.3 Å². The lowest BCUT2D eigenvalue weighted by molar-refractivity contribution is 0.0715. The fraction of sp³-hybridized carbons (Fsp3) is 0.522. The van der Waals surface area contributed by atoms with Gasteiger partial charge in [-0.15, -0.1) is 5.10 Å². The Labute approximate surface area is 192 Å². The van der Waals surface area contributed by atoms with Gasteiger partial charge < -0.3 is 14.7 Å². The number of aryl methyl sites for hydroxylation is 1. The van der Waals surface area contributed by atoms with Crippen LogP contribution in [-0.2, 0) is 11.2 Å². The van der Waals surface area contributed by atoms with Gasteiger partial charge in [0.25, 0.3) is 0 Å². The summed E-state index contributed by atoms with van der Waals surface area (Å²) in [5.74, 6) is 1.31. The molecule has 1 saturated heterocycles. The van der Waals surface area contributed by atoms with Crippen LogP contribution in [0, 0.1) is 0 Å². The number of hydrogen-bond acceptors (Lipinski definition) is 7. The second-order valence-electron chi connectivity index (χ2n) is 8.31. The van der Waals surface area contributed by atoms with Gasteiger partial charge in [-0.2, -0.15) is 4.52 Å². The monoisotopic (exact) mass is 457 g/mol. The second-order valence-corrected chi connectivity index (χ2v) is 9.32. The van der Waals surface area contributed by atoms with Crippen LogP contribution in [0.25, 0.3) is 4.96 Å². The Bertz CT molecular complexity index is 1070. The van der Waals surface area contributed by atoms with Crippen molar-refractivity contribution in [1.29, 1.82) is 0 Å². The number of hydrogen-bond donors (Lipinski definition) is 1. The molecule has 2 aromatic heterocycles. The van der Waals surface area contributed by atoms with Crippen LogP contribution in [0.3, 0.4) is 0 Å². The van der Waals surface area contributed by atoms with Crippen LogP contribution in [0.2, 0.25) is 0 Å². The van der Waals surface area contributed by atoms with E-state index in [9.17, 15) is 9.90 Å². The predicted octanol–water partition coefficient (Wildman–Crippen LogP) is 4.05. The highest BCUT2D eigenvalue weighted by molar-refractivity contribution is 7.17. The number of amides is 1. The fourth-order valence-electron chi connectivity index (χ4n) is 4.09. The van der Waals surface area contributed by atoms with E-state index < -0.39 is 0 Å². The lowest BCUT2D eigenvalue weighted by Gasteiger charge is -2.38. The van der Waals surface area contributed by atoms with Gasteiger partial charge in [0.1, 0.15) is 0 Å². The second kappa shape index (κ2) is 9.46. The number of rotatable bonds is 6. The summed E-state index contributed by atoms with van der Waals surface area (Å²) in [6, 6.07) is 8.46. The Hall–Kier alpha value is -2.65. The van der Waals surface area contributed by atoms with Gasteiger partial charge in [0.05, 0.1) is 17.5 Å². The largest absolute Gasteiger partial charge is 0.492 e. The van der Waals surface area contributed by atoms with Crippen LogP contribution in [0.4, 0.5) is 4.79 Å². The van der Waals surface area contributed by atoms with E-state index in [2.05, 4.69) is 53.1 Å². The molecule has 9 heteroatoms. The molecule has 4 rings (SSSR count). The molecule has 1 atom stereocenters. The van der Waals surface area contributed by atoms with E-state index in [-0.39, 0.29) is 18.0 Å². The molecule has 1 unspecified atom stereocenters. The number of ether oxygens (including phenoxy) is 1. The van der Waals surface area contributed by atoms with Gasteiger partial charge in [0.15, 0.2) is 5.82 Å². The van der Waals surface area contributed by atoms with Crippen molar-refractivity contribution < 1.29 is 14.6 Å². The minimum Gasteiger partial charge on any atom is -0.492 e. The standard InChI is InChI=1S/C23H31N5O3S/c1-5-18-24-22-28(25-18)21(29)20(32-22)19(17-9-7-16(8-10-17)15(3)4)26-11-13-27(14-12-26)23(30)31-6-2/h7-10,15,19,29H,5-6,11-14H2,1-4H3. The van der Waals surface area contributed by atoms with E-state index in [1.165, 1.54) is 16.9 Å². The molecule has 1 aromatic carbocycles. The predicted molar refractivity (Wildman–Crippen MR) is 124 cm³/mol. The average Bonchev–Trinajstić information content (AvgIpc) is 3.34. The summed E-state index contributed by atoms with van der Waals surface area (Å²) in [5.41, 5.74) is 2.38. The Morgan fingerprint density at radius 3 is 2.34 bits per heavy atom. The molecule has 1 amide bonds. The molecule has 1 N–H and O–H groups in total. The number of piperazine rings is 1. The molecular formula is C23H31N5O3S. The Kier molecular flexibility index (Phi) is 6.66. The summed E-state index contributed by atoms with van der Waals surface area (Å²) in [5, 5.41) is 15.5. The summed E-state index contributed by atoms with van der Waals surface area (Å²) < 4.78 is 6.71. The van der Waals surface area contributed by atoms with Crippen LogP contribution < -0.4 is 0 Å². The molecule has 3 aromatic rings. The third-order valence-corrected chi connectivity index (χ3v) is 7.00. The van der Waals surface area contributed by atoms with Crippen molar-refractivity contribution in [3.05, 3.63) is 46.1 Å². The first kappa shape index (κ1) is 22.5. The van der Waals surface area contributed by atoms with Gasteiger partial charge in [-0.25, -0.2) is 9.78 Å². The van der Waals surface area contributed by atoms with E-state index in [4.69, 9.17) is 4.74 Å². The van der Waals surface area contributed by atoms with Crippen molar-refractivity contribution >= 4 is 22.4 Å². The van der Waals surface area contributed by atoms with Crippen molar-refractivity contribution in [3.8, 4) is 5.88 Å². The highest BCUT2D eigenvalue weighted by Crippen LogP contribution is 2.40. The van der Waals surface area contributed by atoms with Crippen molar-refractivity contribution in [2.75, 3.05) is 32.8 Å². The number of carbonyl (C=O) groups excluding carboxylic acids is 1. The minimum absolute atomic E-state index is 0.140. The SMILES string of the molecule is CCOC(=O)N1CCN(C(c2ccc(C(C)C)cc2)c2sc3nc(CC)nn3c2O)CC1. The number of thiazole rings is 1. The first-order chi connectivity index (χ1) is 15.4. The molecule has 0 saturated carbocycles. The zero-order valence-corrected chi connectivity index (χ0v) is 19.9. The Balaban J connectivity index is 1.67. The van der Waals surface area contributed by atoms with E-state index in [0.29, 0.717) is 43.7 Å². The van der Waals surface area contributed by atoms with Crippen molar-refractivity contribution in [1.82, 2.24) is 24.4 Å². The van der Waals surface area contributed by atoms with E-state index in [1.807, 2.05) is 13.8 Å². The number of aromatic hydroxyl groups is 1. The summed E-state index contributed by atoms with van der Waals surface area (Å²) in [6.07, 6.45) is 0.456. The van der Waals surface area contributed by atoms with Crippen molar-refractivity contribution in [2.24, 2.45) is 0 Å². The topological polar surface area (TPSA) is 83.2 Å². The molecule has 1 aliphatic heterocycles. The minimum atomic E-state index is -0.265. The third kappa shape index (κ3) is 4.31. The molecule has 3 heterocycles. The average molecular weight is 458 g/mol. The smallest absolute Gasteiger partial charge is 0.409 e. The number of benzene rings is 1. The molecule has 0 aliphatic carbocycles. The lowest BCUT2D eigenvalue weighted by atomic mass is 9.97. The molecule has 1 fully saturated rings. The van der Waals surface area contributed by atoms with Gasteiger partial charge in [0, 0.05) is 32.6 Å². The van der Waals surface area contributed by atoms with Gasteiger partial charge in [-0.3, -0.25) is 4.90 Å². The Morgan fingerprint density at radius 1 is 1.12 bits per heavy atom. The van der Waals surface area contributed by atoms with E-state index >= 15 is 0 Å². The summed E-state index contributed by atoms with van der Waals surface area (Å²) in [4.78, 5) is 22.3. The highest BCUT2D eigenvalue weighted by atomic mass is 32.1. The molecule has 0 spiro atoms. The highest BCUT2D eigenvalue weighted by Gasteiger charge is 2.33. The third-order valence-electron chi connectivity index (χ3n) is 5.93. The number of carbonyl (C=O) groups is 1. The first-order valence-corrected chi connectivity index (χ1v) is 12.1. The van der Waals surface area contributed by atoms with Crippen molar-refractivity contribution in [3.63, 3.8) is 0 Å². The van der Waals surface area contributed by atoms with Crippen LogP contribution in [-0.4, -0.2) is 68.4 Å². The van der Waals surface area contributed by atoms with Gasteiger partial charge in [-0.1, -0.05) is 56.4 Å². The van der Waals surface area contributed by atoms with Crippen LogP contribution in [0.1, 0.15) is 61.5 Å². The first-order valence-electron chi connectivity index (χ1n) is 11.3. The Morgan fingerprint density at radius 2 is 1.78 bits per heavy atom. The maximum atomic E-state index is 12.1. The summed E-state index contributed by atoms with van der Waals surface area (Å²) >= 11 is 1.47. The maximum absolute atomic E-state index is 12.1. The van der Waals surface area contributed by atoms with Crippen LogP contribution in [0.15, 0.2) is 24.3 Å². The lowest BCUT2D eigenvalue weighted by Crippen LogP contribution is -2.49. The molecule has 32 heavy (non-hydrogen) atoms. The molecule has 8 nitrogen and oxygen atoms in total. The zero-order valence-electron chi connectivity index (χ0n) is 19.1. The van der Waals surface area contributed by atoms with Gasteiger partial charge in [0.2, 0.25) is 10.8 Å². The molecular weight excluding hydrogens is 426 g/mol. The van der Waals surface area contributed by atoms with Crippen molar-refractivity contribution in [2.45, 2.75) is 46.1 Å². The fourth-order valence-corrected chi connectivity index (χ4v) is 5.22.